The molecule has 1 aromatic heterocycles. The Morgan fingerprint density at radius 1 is 0.618 bits per heavy atom. The lowest BCUT2D eigenvalue weighted by Crippen LogP contribution is -2.33. The first-order valence-corrected chi connectivity index (χ1v) is 11.6. The van der Waals surface area contributed by atoms with Gasteiger partial charge in [0.1, 0.15) is 18.4 Å². The fourth-order valence-electron chi connectivity index (χ4n) is 4.97. The van der Waals surface area contributed by atoms with Gasteiger partial charge in [-0.15, -0.1) is 0 Å². The van der Waals surface area contributed by atoms with Crippen LogP contribution in [0.25, 0.3) is 55.3 Å². The number of rotatable bonds is 3. The third-order valence-electron chi connectivity index (χ3n) is 6.61. The lowest BCUT2D eigenvalue weighted by atomic mass is 9.92. The van der Waals surface area contributed by atoms with Crippen LogP contribution in [0.5, 0.6) is 0 Å². The van der Waals surface area contributed by atoms with Crippen LogP contribution in [-0.4, -0.2) is 4.98 Å². The number of fused-ring (bicyclic) bond motifs is 2. The molecule has 0 atom stereocenters. The molecule has 0 N–H and O–H groups in total. The third-order valence-corrected chi connectivity index (χ3v) is 6.61. The van der Waals surface area contributed by atoms with E-state index < -0.39 is 0 Å². The van der Waals surface area contributed by atoms with Crippen molar-refractivity contribution >= 4 is 21.5 Å². The molecule has 1 heterocycles. The maximum absolute atomic E-state index is 5.33. The topological polar surface area (TPSA) is 16.8 Å². The van der Waals surface area contributed by atoms with E-state index in [0.717, 1.165) is 28.2 Å². The Morgan fingerprint density at radius 3 is 2.06 bits per heavy atom. The third kappa shape index (κ3) is 3.36. The smallest absolute Gasteiger partial charge is 0.234 e. The van der Waals surface area contributed by atoms with Crippen molar-refractivity contribution in [3.8, 4) is 33.8 Å². The van der Waals surface area contributed by atoms with Gasteiger partial charge in [0.2, 0.25) is 5.69 Å². The van der Waals surface area contributed by atoms with Gasteiger partial charge in [0.15, 0.2) is 6.20 Å². The maximum Gasteiger partial charge on any atom is 0.239 e. The molecule has 162 valence electrons. The number of aromatic nitrogens is 2. The molecular formula is C32H25N2+. The molecule has 6 rings (SSSR count). The van der Waals surface area contributed by atoms with Crippen molar-refractivity contribution in [1.82, 2.24) is 4.98 Å². The zero-order valence-corrected chi connectivity index (χ0v) is 19.4. The Morgan fingerprint density at radius 2 is 1.26 bits per heavy atom. The second kappa shape index (κ2) is 8.24. The number of nitrogens with zero attached hydrogens (tertiary/aromatic N) is 2. The normalized spacial score (nSPS) is 11.2. The van der Waals surface area contributed by atoms with Crippen molar-refractivity contribution in [2.24, 2.45) is 7.05 Å². The lowest BCUT2D eigenvalue weighted by molar-refractivity contribution is -0.659. The molecule has 0 aliphatic rings. The summed E-state index contributed by atoms with van der Waals surface area (Å²) in [6, 6.07) is 38.5. The van der Waals surface area contributed by atoms with E-state index in [-0.39, 0.29) is 0 Å². The predicted molar refractivity (Wildman–Crippen MR) is 141 cm³/mol. The minimum Gasteiger partial charge on any atom is -0.234 e. The molecule has 0 spiro atoms. The number of aryl methyl sites for hydroxylation is 2. The summed E-state index contributed by atoms with van der Waals surface area (Å²) in [7, 11) is 2.14. The van der Waals surface area contributed by atoms with Gasteiger partial charge in [-0.1, -0.05) is 109 Å². The van der Waals surface area contributed by atoms with E-state index in [1.807, 2.05) is 6.07 Å². The van der Waals surface area contributed by atoms with E-state index in [9.17, 15) is 0 Å². The summed E-state index contributed by atoms with van der Waals surface area (Å²) < 4.78 is 2.25. The zero-order chi connectivity index (χ0) is 23.1. The Hall–Kier alpha value is -4.30. The average molecular weight is 438 g/mol. The average Bonchev–Trinajstić information content (AvgIpc) is 2.89. The van der Waals surface area contributed by atoms with Crippen LogP contribution in [0.4, 0.5) is 0 Å². The molecule has 0 amide bonds. The van der Waals surface area contributed by atoms with Crippen LogP contribution in [0, 0.1) is 6.92 Å². The molecule has 2 nitrogen and oxygen atoms in total. The summed E-state index contributed by atoms with van der Waals surface area (Å²) in [4.78, 5) is 5.33. The van der Waals surface area contributed by atoms with E-state index in [4.69, 9.17) is 4.98 Å². The van der Waals surface area contributed by atoms with Crippen molar-refractivity contribution in [3.63, 3.8) is 0 Å². The Kier molecular flexibility index (Phi) is 4.92. The fourth-order valence-corrected chi connectivity index (χ4v) is 4.97. The van der Waals surface area contributed by atoms with Gasteiger partial charge in [-0.2, -0.15) is 4.57 Å². The van der Waals surface area contributed by atoms with Gasteiger partial charge in [-0.05, 0) is 34.0 Å². The van der Waals surface area contributed by atoms with Crippen molar-refractivity contribution in [3.05, 3.63) is 121 Å². The van der Waals surface area contributed by atoms with Crippen molar-refractivity contribution in [2.75, 3.05) is 0 Å². The lowest BCUT2D eigenvalue weighted by Gasteiger charge is -2.15. The zero-order valence-electron chi connectivity index (χ0n) is 19.4. The fraction of sp³-hybridized carbons (Fsp3) is 0.0625. The van der Waals surface area contributed by atoms with Crippen molar-refractivity contribution < 1.29 is 4.57 Å². The van der Waals surface area contributed by atoms with Crippen LogP contribution in [0.15, 0.2) is 115 Å². The molecule has 34 heavy (non-hydrogen) atoms. The van der Waals surface area contributed by atoms with E-state index in [1.165, 1.54) is 32.7 Å². The molecule has 0 unspecified atom stereocenters. The van der Waals surface area contributed by atoms with Gasteiger partial charge in [-0.25, -0.2) is 4.98 Å². The molecule has 0 bridgehead atoms. The predicted octanol–water partition coefficient (Wildman–Crippen LogP) is 7.52. The number of hydrogen-bond acceptors (Lipinski definition) is 1. The highest BCUT2D eigenvalue weighted by Gasteiger charge is 2.26. The number of hydrogen-bond donors (Lipinski definition) is 0. The van der Waals surface area contributed by atoms with Crippen LogP contribution in [0.1, 0.15) is 5.56 Å². The SMILES string of the molecule is Cc1ccc2ccccc2c1-c1c(-c2cccc3ccccc23)nc(-c2ccccc2)c[n+]1C. The summed E-state index contributed by atoms with van der Waals surface area (Å²) >= 11 is 0. The van der Waals surface area contributed by atoms with Gasteiger partial charge >= 0.3 is 0 Å². The van der Waals surface area contributed by atoms with E-state index in [2.05, 4.69) is 128 Å². The van der Waals surface area contributed by atoms with Crippen LogP contribution < -0.4 is 4.57 Å². The van der Waals surface area contributed by atoms with Gasteiger partial charge in [0.25, 0.3) is 0 Å². The number of benzene rings is 5. The quantitative estimate of drug-likeness (QED) is 0.262. The summed E-state index contributed by atoms with van der Waals surface area (Å²) in [5.74, 6) is 0. The van der Waals surface area contributed by atoms with E-state index in [0.29, 0.717) is 0 Å². The first-order valence-electron chi connectivity index (χ1n) is 11.6. The van der Waals surface area contributed by atoms with Crippen molar-refractivity contribution in [2.45, 2.75) is 6.92 Å². The molecule has 0 saturated carbocycles. The summed E-state index contributed by atoms with van der Waals surface area (Å²) in [5, 5.41) is 4.91. The standard InChI is InChI=1S/C32H25N2/c1-22-19-20-24-12-7-9-17-27(24)30(22)32-31(28-18-10-15-23-11-6-8-16-26(23)28)33-29(21-34(32)2)25-13-4-3-5-14-25/h3-21H,1-2H3/q+1. The minimum absolute atomic E-state index is 0.965. The molecule has 6 aromatic rings. The molecule has 2 heteroatoms. The molecule has 0 radical (unpaired) electrons. The molecule has 5 aromatic carbocycles. The van der Waals surface area contributed by atoms with Gasteiger partial charge in [-0.3, -0.25) is 0 Å². The highest BCUT2D eigenvalue weighted by atomic mass is 15.0. The van der Waals surface area contributed by atoms with Crippen molar-refractivity contribution in [1.29, 1.82) is 0 Å². The summed E-state index contributed by atoms with van der Waals surface area (Å²) in [6.45, 7) is 2.19. The van der Waals surface area contributed by atoms with Gasteiger partial charge in [0.05, 0.1) is 5.56 Å². The summed E-state index contributed by atoms with van der Waals surface area (Å²) in [5.41, 5.74) is 7.83. The monoisotopic (exact) mass is 437 g/mol. The van der Waals surface area contributed by atoms with Crippen LogP contribution >= 0.6 is 0 Å². The van der Waals surface area contributed by atoms with Crippen LogP contribution in [0.2, 0.25) is 0 Å². The minimum atomic E-state index is 0.965. The Balaban J connectivity index is 1.75. The highest BCUT2D eigenvalue weighted by molar-refractivity contribution is 6.03. The Labute approximate surface area is 199 Å². The van der Waals surface area contributed by atoms with Crippen LogP contribution in [-0.2, 0) is 7.05 Å². The van der Waals surface area contributed by atoms with Gasteiger partial charge < -0.3 is 0 Å². The second-order valence-electron chi connectivity index (χ2n) is 8.81. The first-order chi connectivity index (χ1) is 16.7. The molecule has 0 saturated heterocycles. The largest absolute Gasteiger partial charge is 0.239 e. The molecule has 0 fully saturated rings. The molecule has 0 aliphatic heterocycles. The van der Waals surface area contributed by atoms with E-state index in [1.54, 1.807) is 0 Å². The van der Waals surface area contributed by atoms with Crippen LogP contribution in [0.3, 0.4) is 0 Å². The highest BCUT2D eigenvalue weighted by Crippen LogP contribution is 2.38. The van der Waals surface area contributed by atoms with Gasteiger partial charge in [0, 0.05) is 11.1 Å². The Bertz CT molecular complexity index is 1660. The second-order valence-corrected chi connectivity index (χ2v) is 8.81. The van der Waals surface area contributed by atoms with E-state index >= 15 is 0 Å². The summed E-state index contributed by atoms with van der Waals surface area (Å²) in [6.07, 6.45) is 2.15. The first kappa shape index (κ1) is 20.3. The molecular weight excluding hydrogens is 412 g/mol. The molecule has 0 aliphatic carbocycles. The maximum atomic E-state index is 5.33.